The highest BCUT2D eigenvalue weighted by atomic mass is 16.2. The fourth-order valence-corrected chi connectivity index (χ4v) is 2.44. The zero-order valence-corrected chi connectivity index (χ0v) is 13.0. The molecule has 2 rings (SSSR count). The lowest BCUT2D eigenvalue weighted by Crippen LogP contribution is -2.41. The first-order valence-corrected chi connectivity index (χ1v) is 7.62. The number of amides is 2. The number of rotatable bonds is 4. The molecule has 1 saturated heterocycles. The summed E-state index contributed by atoms with van der Waals surface area (Å²) in [6, 6.07) is 8.91. The first kappa shape index (κ1) is 15.5. The molecule has 4 heteroatoms. The van der Waals surface area contributed by atoms with E-state index in [0.29, 0.717) is 31.3 Å². The van der Waals surface area contributed by atoms with Crippen molar-refractivity contribution in [3.05, 3.63) is 35.9 Å². The molecule has 0 bridgehead atoms. The fourth-order valence-electron chi connectivity index (χ4n) is 2.44. The van der Waals surface area contributed by atoms with Gasteiger partial charge in [-0.3, -0.25) is 9.59 Å². The topological polar surface area (TPSA) is 49.4 Å². The highest BCUT2D eigenvalue weighted by Crippen LogP contribution is 2.21. The SMILES string of the molecule is CC(C)C(C)CN1CCC(=O)NC(c2ccccc2)C1=O. The second kappa shape index (κ2) is 6.74. The van der Waals surface area contributed by atoms with E-state index in [-0.39, 0.29) is 11.8 Å². The van der Waals surface area contributed by atoms with Crippen LogP contribution in [0.25, 0.3) is 0 Å². The van der Waals surface area contributed by atoms with E-state index in [4.69, 9.17) is 0 Å². The van der Waals surface area contributed by atoms with Crippen LogP contribution < -0.4 is 5.32 Å². The van der Waals surface area contributed by atoms with Gasteiger partial charge < -0.3 is 10.2 Å². The van der Waals surface area contributed by atoms with Gasteiger partial charge in [0, 0.05) is 19.5 Å². The first-order chi connectivity index (χ1) is 9.99. The molecule has 1 N–H and O–H groups in total. The lowest BCUT2D eigenvalue weighted by atomic mass is 9.97. The summed E-state index contributed by atoms with van der Waals surface area (Å²) in [5.41, 5.74) is 0.847. The Morgan fingerprint density at radius 1 is 1.19 bits per heavy atom. The predicted octanol–water partition coefficient (Wildman–Crippen LogP) is 2.37. The van der Waals surface area contributed by atoms with Gasteiger partial charge in [-0.25, -0.2) is 0 Å². The van der Waals surface area contributed by atoms with Crippen LogP contribution in [0.15, 0.2) is 30.3 Å². The standard InChI is InChI=1S/C17H24N2O2/c1-12(2)13(3)11-19-10-9-15(20)18-16(17(19)21)14-7-5-4-6-8-14/h4-8,12-13,16H,9-11H2,1-3H3,(H,18,20). The van der Waals surface area contributed by atoms with Gasteiger partial charge in [0.25, 0.3) is 0 Å². The minimum atomic E-state index is -0.555. The summed E-state index contributed by atoms with van der Waals surface area (Å²) in [6.45, 7) is 7.67. The zero-order valence-electron chi connectivity index (χ0n) is 13.0. The molecule has 4 nitrogen and oxygen atoms in total. The Kier molecular flexibility index (Phi) is 4.99. The van der Waals surface area contributed by atoms with Crippen molar-refractivity contribution in [1.82, 2.24) is 10.2 Å². The normalized spacial score (nSPS) is 21.1. The number of hydrogen-bond donors (Lipinski definition) is 1. The molecule has 2 amide bonds. The molecule has 0 aliphatic carbocycles. The second-order valence-electron chi connectivity index (χ2n) is 6.17. The lowest BCUT2D eigenvalue weighted by molar-refractivity contribution is -0.134. The molecule has 2 atom stereocenters. The molecule has 0 radical (unpaired) electrons. The highest BCUT2D eigenvalue weighted by Gasteiger charge is 2.31. The molecular weight excluding hydrogens is 264 g/mol. The summed E-state index contributed by atoms with van der Waals surface area (Å²) in [4.78, 5) is 26.5. The third kappa shape index (κ3) is 3.84. The molecule has 1 fully saturated rings. The predicted molar refractivity (Wildman–Crippen MR) is 82.5 cm³/mol. The maximum absolute atomic E-state index is 12.8. The fraction of sp³-hybridized carbons (Fsp3) is 0.529. The van der Waals surface area contributed by atoms with Crippen molar-refractivity contribution in [1.29, 1.82) is 0 Å². The van der Waals surface area contributed by atoms with Crippen LogP contribution in [0.4, 0.5) is 0 Å². The average molecular weight is 288 g/mol. The third-order valence-corrected chi connectivity index (χ3v) is 4.25. The van der Waals surface area contributed by atoms with Crippen LogP contribution in [0, 0.1) is 11.8 Å². The van der Waals surface area contributed by atoms with E-state index in [0.717, 1.165) is 5.56 Å². The van der Waals surface area contributed by atoms with Gasteiger partial charge in [0.15, 0.2) is 0 Å². The van der Waals surface area contributed by atoms with Crippen molar-refractivity contribution in [2.24, 2.45) is 11.8 Å². The molecular formula is C17H24N2O2. The van der Waals surface area contributed by atoms with Crippen molar-refractivity contribution >= 4 is 11.8 Å². The van der Waals surface area contributed by atoms with Gasteiger partial charge in [0.1, 0.15) is 6.04 Å². The van der Waals surface area contributed by atoms with E-state index < -0.39 is 6.04 Å². The molecule has 1 aliphatic heterocycles. The van der Waals surface area contributed by atoms with E-state index in [2.05, 4.69) is 26.1 Å². The summed E-state index contributed by atoms with van der Waals surface area (Å²) in [6.07, 6.45) is 0.375. The number of carbonyl (C=O) groups is 2. The third-order valence-electron chi connectivity index (χ3n) is 4.25. The van der Waals surface area contributed by atoms with Gasteiger partial charge in [-0.05, 0) is 17.4 Å². The van der Waals surface area contributed by atoms with Crippen molar-refractivity contribution in [2.45, 2.75) is 33.2 Å². The number of nitrogens with one attached hydrogen (secondary N) is 1. The van der Waals surface area contributed by atoms with Gasteiger partial charge >= 0.3 is 0 Å². The maximum Gasteiger partial charge on any atom is 0.249 e. The average Bonchev–Trinajstić information content (AvgIpc) is 2.61. The van der Waals surface area contributed by atoms with E-state index in [9.17, 15) is 9.59 Å². The molecule has 1 aromatic carbocycles. The summed E-state index contributed by atoms with van der Waals surface area (Å²) in [5, 5.41) is 2.85. The molecule has 1 heterocycles. The summed E-state index contributed by atoms with van der Waals surface area (Å²) in [7, 11) is 0. The smallest absolute Gasteiger partial charge is 0.249 e. The minimum absolute atomic E-state index is 0.000417. The Hall–Kier alpha value is -1.84. The van der Waals surface area contributed by atoms with Gasteiger partial charge in [0.05, 0.1) is 0 Å². The van der Waals surface area contributed by atoms with Crippen molar-refractivity contribution in [3.8, 4) is 0 Å². The number of benzene rings is 1. The number of nitrogens with zero attached hydrogens (tertiary/aromatic N) is 1. The molecule has 2 unspecified atom stereocenters. The molecule has 114 valence electrons. The van der Waals surface area contributed by atoms with Crippen LogP contribution in [0.5, 0.6) is 0 Å². The van der Waals surface area contributed by atoms with Crippen molar-refractivity contribution < 1.29 is 9.59 Å². The summed E-state index contributed by atoms with van der Waals surface area (Å²) < 4.78 is 0. The van der Waals surface area contributed by atoms with Gasteiger partial charge in [-0.1, -0.05) is 51.1 Å². The van der Waals surface area contributed by atoms with Crippen molar-refractivity contribution in [3.63, 3.8) is 0 Å². The van der Waals surface area contributed by atoms with Gasteiger partial charge in [-0.2, -0.15) is 0 Å². The van der Waals surface area contributed by atoms with Crippen LogP contribution in [0.1, 0.15) is 38.8 Å². The summed E-state index contributed by atoms with van der Waals surface area (Å²) >= 11 is 0. The molecule has 0 aromatic heterocycles. The number of hydrogen-bond acceptors (Lipinski definition) is 2. The quantitative estimate of drug-likeness (QED) is 0.924. The minimum Gasteiger partial charge on any atom is -0.340 e. The van der Waals surface area contributed by atoms with Crippen LogP contribution in [-0.4, -0.2) is 29.8 Å². The lowest BCUT2D eigenvalue weighted by Gasteiger charge is -2.28. The molecule has 0 spiro atoms. The Bertz CT molecular complexity index is 499. The van der Waals surface area contributed by atoms with Crippen LogP contribution >= 0.6 is 0 Å². The maximum atomic E-state index is 12.8. The Morgan fingerprint density at radius 3 is 2.48 bits per heavy atom. The van der Waals surface area contributed by atoms with Crippen LogP contribution in [0.3, 0.4) is 0 Å². The highest BCUT2D eigenvalue weighted by molar-refractivity contribution is 5.90. The second-order valence-corrected chi connectivity index (χ2v) is 6.17. The zero-order chi connectivity index (χ0) is 15.4. The van der Waals surface area contributed by atoms with Crippen LogP contribution in [-0.2, 0) is 9.59 Å². The number of carbonyl (C=O) groups excluding carboxylic acids is 2. The van der Waals surface area contributed by atoms with Gasteiger partial charge in [-0.15, -0.1) is 0 Å². The summed E-state index contributed by atoms with van der Waals surface area (Å²) in [5.74, 6) is 0.870. The molecule has 1 aromatic rings. The van der Waals surface area contributed by atoms with E-state index in [1.807, 2.05) is 35.2 Å². The molecule has 21 heavy (non-hydrogen) atoms. The van der Waals surface area contributed by atoms with E-state index in [1.165, 1.54) is 0 Å². The Balaban J connectivity index is 2.20. The monoisotopic (exact) mass is 288 g/mol. The molecule has 1 aliphatic rings. The Labute approximate surface area is 126 Å². The molecule has 0 saturated carbocycles. The van der Waals surface area contributed by atoms with Crippen molar-refractivity contribution in [2.75, 3.05) is 13.1 Å². The Morgan fingerprint density at radius 2 is 1.86 bits per heavy atom. The van der Waals surface area contributed by atoms with Gasteiger partial charge in [0.2, 0.25) is 11.8 Å². The van der Waals surface area contributed by atoms with E-state index >= 15 is 0 Å². The first-order valence-electron chi connectivity index (χ1n) is 7.62. The largest absolute Gasteiger partial charge is 0.340 e. The van der Waals surface area contributed by atoms with E-state index in [1.54, 1.807) is 0 Å². The van der Waals surface area contributed by atoms with Crippen LogP contribution in [0.2, 0.25) is 0 Å².